The summed E-state index contributed by atoms with van der Waals surface area (Å²) in [5.41, 5.74) is 6.23. The highest BCUT2D eigenvalue weighted by Gasteiger charge is 2.33. The first-order valence-electron chi connectivity index (χ1n) is 7.49. The molecule has 2 rings (SSSR count). The van der Waals surface area contributed by atoms with E-state index in [0.717, 1.165) is 12.1 Å². The molecule has 2 atom stereocenters. The SMILES string of the molecule is CCN(C)[C@@H](C(=O)N1CCO[C@H](C(N)=O)C1)c1ccccc1. The van der Waals surface area contributed by atoms with E-state index in [-0.39, 0.29) is 18.5 Å². The number of hydrogen-bond donors (Lipinski definition) is 1. The van der Waals surface area contributed by atoms with Crippen LogP contribution in [0.1, 0.15) is 18.5 Å². The van der Waals surface area contributed by atoms with Crippen LogP contribution in [0.15, 0.2) is 30.3 Å². The van der Waals surface area contributed by atoms with E-state index in [0.29, 0.717) is 13.2 Å². The maximum absolute atomic E-state index is 12.9. The predicted octanol–water partition coefficient (Wildman–Crippen LogP) is 0.392. The van der Waals surface area contributed by atoms with E-state index in [1.165, 1.54) is 0 Å². The van der Waals surface area contributed by atoms with Crippen molar-refractivity contribution < 1.29 is 14.3 Å². The minimum atomic E-state index is -0.721. The molecule has 1 aromatic rings. The van der Waals surface area contributed by atoms with Gasteiger partial charge in [0.05, 0.1) is 13.2 Å². The molecule has 0 aromatic heterocycles. The van der Waals surface area contributed by atoms with Gasteiger partial charge in [-0.15, -0.1) is 0 Å². The van der Waals surface area contributed by atoms with Crippen molar-refractivity contribution in [3.05, 3.63) is 35.9 Å². The molecule has 1 fully saturated rings. The summed E-state index contributed by atoms with van der Waals surface area (Å²) in [6.07, 6.45) is -0.721. The lowest BCUT2D eigenvalue weighted by molar-refractivity contribution is -0.149. The predicted molar refractivity (Wildman–Crippen MR) is 83.0 cm³/mol. The summed E-state index contributed by atoms with van der Waals surface area (Å²) < 4.78 is 5.31. The van der Waals surface area contributed by atoms with E-state index in [2.05, 4.69) is 0 Å². The summed E-state index contributed by atoms with van der Waals surface area (Å²) in [4.78, 5) is 27.9. The first-order valence-corrected chi connectivity index (χ1v) is 7.49. The number of morpholine rings is 1. The quantitative estimate of drug-likeness (QED) is 0.854. The van der Waals surface area contributed by atoms with Crippen LogP contribution in [0.2, 0.25) is 0 Å². The van der Waals surface area contributed by atoms with Gasteiger partial charge in [0.25, 0.3) is 0 Å². The summed E-state index contributed by atoms with van der Waals surface area (Å²) in [6, 6.07) is 9.30. The molecular formula is C16H23N3O3. The van der Waals surface area contributed by atoms with Gasteiger partial charge in [0.15, 0.2) is 6.10 Å². The summed E-state index contributed by atoms with van der Waals surface area (Å²) in [6.45, 7) is 3.78. The summed E-state index contributed by atoms with van der Waals surface area (Å²) in [5, 5.41) is 0. The second kappa shape index (κ2) is 7.38. The molecule has 1 heterocycles. The number of nitrogens with two attached hydrogens (primary N) is 1. The molecule has 6 nitrogen and oxygen atoms in total. The van der Waals surface area contributed by atoms with Crippen LogP contribution >= 0.6 is 0 Å². The zero-order chi connectivity index (χ0) is 16.1. The van der Waals surface area contributed by atoms with Gasteiger partial charge in [-0.05, 0) is 19.2 Å². The average molecular weight is 305 g/mol. The third-order valence-electron chi connectivity index (χ3n) is 3.98. The van der Waals surface area contributed by atoms with Crippen LogP contribution in [-0.2, 0) is 14.3 Å². The van der Waals surface area contributed by atoms with Crippen LogP contribution in [0.25, 0.3) is 0 Å². The Morgan fingerprint density at radius 1 is 1.41 bits per heavy atom. The van der Waals surface area contributed by atoms with Gasteiger partial charge in [-0.25, -0.2) is 0 Å². The van der Waals surface area contributed by atoms with Crippen LogP contribution in [0, 0.1) is 0 Å². The second-order valence-electron chi connectivity index (χ2n) is 5.43. The maximum atomic E-state index is 12.9. The molecule has 1 aliphatic heterocycles. The van der Waals surface area contributed by atoms with Crippen molar-refractivity contribution in [1.29, 1.82) is 0 Å². The Balaban J connectivity index is 2.20. The van der Waals surface area contributed by atoms with E-state index < -0.39 is 12.0 Å². The first-order chi connectivity index (χ1) is 10.5. The molecule has 22 heavy (non-hydrogen) atoms. The third kappa shape index (κ3) is 3.64. The fourth-order valence-electron chi connectivity index (χ4n) is 2.60. The number of carbonyl (C=O) groups is 2. The number of nitrogens with zero attached hydrogens (tertiary/aromatic N) is 2. The summed E-state index contributed by atoms with van der Waals surface area (Å²) in [7, 11) is 1.92. The molecule has 2 amide bonds. The van der Waals surface area contributed by atoms with Crippen molar-refractivity contribution in [3.8, 4) is 0 Å². The minimum absolute atomic E-state index is 0.0231. The lowest BCUT2D eigenvalue weighted by atomic mass is 10.0. The molecule has 1 aliphatic rings. The van der Waals surface area contributed by atoms with E-state index in [1.54, 1.807) is 4.90 Å². The summed E-state index contributed by atoms with van der Waals surface area (Å²) in [5.74, 6) is -0.553. The highest BCUT2D eigenvalue weighted by Crippen LogP contribution is 2.23. The molecule has 2 N–H and O–H groups in total. The Kier molecular flexibility index (Phi) is 5.51. The van der Waals surface area contributed by atoms with Gasteiger partial charge in [-0.2, -0.15) is 0 Å². The second-order valence-corrected chi connectivity index (χ2v) is 5.43. The topological polar surface area (TPSA) is 75.9 Å². The largest absolute Gasteiger partial charge is 0.367 e. The van der Waals surface area contributed by atoms with Crippen LogP contribution < -0.4 is 5.73 Å². The number of benzene rings is 1. The molecule has 0 radical (unpaired) electrons. The van der Waals surface area contributed by atoms with Crippen molar-refractivity contribution in [3.63, 3.8) is 0 Å². The van der Waals surface area contributed by atoms with Crippen LogP contribution in [0.4, 0.5) is 0 Å². The van der Waals surface area contributed by atoms with E-state index >= 15 is 0 Å². The van der Waals surface area contributed by atoms with Crippen molar-refractivity contribution in [2.75, 3.05) is 33.3 Å². The highest BCUT2D eigenvalue weighted by atomic mass is 16.5. The molecule has 0 bridgehead atoms. The molecule has 0 saturated carbocycles. The first kappa shape index (κ1) is 16.5. The Morgan fingerprint density at radius 2 is 2.09 bits per heavy atom. The highest BCUT2D eigenvalue weighted by molar-refractivity contribution is 5.85. The number of likely N-dealkylation sites (N-methyl/N-ethyl adjacent to an activating group) is 1. The van der Waals surface area contributed by atoms with Crippen LogP contribution in [0.3, 0.4) is 0 Å². The summed E-state index contributed by atoms with van der Waals surface area (Å²) >= 11 is 0. The number of ether oxygens (including phenoxy) is 1. The van der Waals surface area contributed by atoms with Gasteiger partial charge in [0.1, 0.15) is 6.04 Å². The molecule has 0 aliphatic carbocycles. The average Bonchev–Trinajstić information content (AvgIpc) is 2.55. The van der Waals surface area contributed by atoms with Gasteiger partial charge in [-0.3, -0.25) is 14.5 Å². The number of primary amides is 1. The van der Waals surface area contributed by atoms with Crippen molar-refractivity contribution in [2.45, 2.75) is 19.1 Å². The molecule has 120 valence electrons. The number of amides is 2. The molecule has 1 saturated heterocycles. The van der Waals surface area contributed by atoms with E-state index in [4.69, 9.17) is 10.5 Å². The van der Waals surface area contributed by atoms with E-state index in [9.17, 15) is 9.59 Å². The van der Waals surface area contributed by atoms with Crippen LogP contribution in [0.5, 0.6) is 0 Å². The number of carbonyl (C=O) groups excluding carboxylic acids is 2. The maximum Gasteiger partial charge on any atom is 0.248 e. The molecular weight excluding hydrogens is 282 g/mol. The number of rotatable bonds is 5. The van der Waals surface area contributed by atoms with Gasteiger partial charge >= 0.3 is 0 Å². The molecule has 6 heteroatoms. The minimum Gasteiger partial charge on any atom is -0.367 e. The Hall–Kier alpha value is -1.92. The fourth-order valence-corrected chi connectivity index (χ4v) is 2.60. The molecule has 0 spiro atoms. The molecule has 1 aromatic carbocycles. The van der Waals surface area contributed by atoms with Crippen molar-refractivity contribution in [1.82, 2.24) is 9.80 Å². The van der Waals surface area contributed by atoms with Gasteiger partial charge in [0, 0.05) is 6.54 Å². The zero-order valence-electron chi connectivity index (χ0n) is 13.1. The monoisotopic (exact) mass is 305 g/mol. The zero-order valence-corrected chi connectivity index (χ0v) is 13.1. The number of hydrogen-bond acceptors (Lipinski definition) is 4. The van der Waals surface area contributed by atoms with E-state index in [1.807, 2.05) is 49.2 Å². The Labute approximate surface area is 130 Å². The smallest absolute Gasteiger partial charge is 0.248 e. The lowest BCUT2D eigenvalue weighted by Gasteiger charge is -2.36. The van der Waals surface area contributed by atoms with Crippen molar-refractivity contribution in [2.24, 2.45) is 5.73 Å². The standard InChI is InChI=1S/C16H23N3O3/c1-3-18(2)14(12-7-5-4-6-8-12)16(21)19-9-10-22-13(11-19)15(17)20/h4-8,13-14H,3,9-11H2,1-2H3,(H2,17,20)/t13-,14+/m0/s1. The van der Waals surface area contributed by atoms with Gasteiger partial charge in [-0.1, -0.05) is 37.3 Å². The Bertz CT molecular complexity index is 521. The third-order valence-corrected chi connectivity index (χ3v) is 3.98. The normalized spacial score (nSPS) is 20.0. The van der Waals surface area contributed by atoms with Gasteiger partial charge in [0.2, 0.25) is 11.8 Å². The van der Waals surface area contributed by atoms with Gasteiger partial charge < -0.3 is 15.4 Å². The molecule has 0 unspecified atom stereocenters. The Morgan fingerprint density at radius 3 is 2.68 bits per heavy atom. The van der Waals surface area contributed by atoms with Crippen molar-refractivity contribution >= 4 is 11.8 Å². The van der Waals surface area contributed by atoms with Crippen LogP contribution in [-0.4, -0.2) is 61.0 Å². The fraction of sp³-hybridized carbons (Fsp3) is 0.500. The lowest BCUT2D eigenvalue weighted by Crippen LogP contribution is -2.53.